The SMILES string of the molecule is CC(C)C[C@@H](NC(=O)OCC1c2ccccc2-c2ccccc21)C(=O)Nc1nn(C)cc1C(=O)O. The summed E-state index contributed by atoms with van der Waals surface area (Å²) in [6, 6.07) is 15.1. The van der Waals surface area contributed by atoms with Gasteiger partial charge in [-0.25, -0.2) is 9.59 Å². The van der Waals surface area contributed by atoms with Gasteiger partial charge in [0.1, 0.15) is 18.2 Å². The Labute approximate surface area is 203 Å². The third-order valence-corrected chi connectivity index (χ3v) is 5.96. The summed E-state index contributed by atoms with van der Waals surface area (Å²) >= 11 is 0. The Morgan fingerprint density at radius 2 is 1.66 bits per heavy atom. The number of aromatic nitrogens is 2. The van der Waals surface area contributed by atoms with Crippen LogP contribution in [0, 0.1) is 5.92 Å². The molecule has 1 aliphatic carbocycles. The highest BCUT2D eigenvalue weighted by Gasteiger charge is 2.30. The second kappa shape index (κ2) is 10.0. The van der Waals surface area contributed by atoms with Crippen LogP contribution in [-0.2, 0) is 16.6 Å². The lowest BCUT2D eigenvalue weighted by molar-refractivity contribution is -0.118. The Hall–Kier alpha value is -4.14. The molecule has 1 atom stereocenters. The Morgan fingerprint density at radius 3 is 2.23 bits per heavy atom. The number of nitrogens with one attached hydrogen (secondary N) is 2. The van der Waals surface area contributed by atoms with E-state index in [-0.39, 0.29) is 29.8 Å². The van der Waals surface area contributed by atoms with E-state index in [0.717, 1.165) is 22.3 Å². The Morgan fingerprint density at radius 1 is 1.06 bits per heavy atom. The van der Waals surface area contributed by atoms with Crippen molar-refractivity contribution in [2.24, 2.45) is 13.0 Å². The summed E-state index contributed by atoms with van der Waals surface area (Å²) in [5.41, 5.74) is 4.30. The minimum Gasteiger partial charge on any atom is -0.477 e. The summed E-state index contributed by atoms with van der Waals surface area (Å²) in [6.45, 7) is 3.96. The molecule has 35 heavy (non-hydrogen) atoms. The zero-order valence-electron chi connectivity index (χ0n) is 19.8. The molecule has 0 saturated heterocycles. The van der Waals surface area contributed by atoms with Gasteiger partial charge in [-0.05, 0) is 34.6 Å². The van der Waals surface area contributed by atoms with Crippen molar-refractivity contribution in [3.63, 3.8) is 0 Å². The zero-order chi connectivity index (χ0) is 25.1. The van der Waals surface area contributed by atoms with Crippen molar-refractivity contribution in [2.45, 2.75) is 32.2 Å². The summed E-state index contributed by atoms with van der Waals surface area (Å²) < 4.78 is 6.88. The van der Waals surface area contributed by atoms with E-state index in [1.165, 1.54) is 10.9 Å². The van der Waals surface area contributed by atoms with Crippen LogP contribution in [0.4, 0.5) is 10.6 Å². The highest BCUT2D eigenvalue weighted by atomic mass is 16.5. The molecule has 2 aromatic carbocycles. The molecular weight excluding hydrogens is 448 g/mol. The lowest BCUT2D eigenvalue weighted by Gasteiger charge is -2.20. The predicted molar refractivity (Wildman–Crippen MR) is 130 cm³/mol. The van der Waals surface area contributed by atoms with Gasteiger partial charge in [0.05, 0.1) is 0 Å². The number of carbonyl (C=O) groups excluding carboxylic acids is 2. The molecular formula is C26H28N4O5. The van der Waals surface area contributed by atoms with Crippen LogP contribution in [0.5, 0.6) is 0 Å². The summed E-state index contributed by atoms with van der Waals surface area (Å²) in [4.78, 5) is 37.1. The molecule has 4 rings (SSSR count). The first kappa shape index (κ1) is 24.0. The van der Waals surface area contributed by atoms with E-state index in [4.69, 9.17) is 4.74 Å². The van der Waals surface area contributed by atoms with E-state index in [9.17, 15) is 19.5 Å². The summed E-state index contributed by atoms with van der Waals surface area (Å²) in [7, 11) is 1.56. The number of hydrogen-bond donors (Lipinski definition) is 3. The van der Waals surface area contributed by atoms with Gasteiger partial charge in [-0.1, -0.05) is 62.4 Å². The normalized spacial score (nSPS) is 13.1. The number of amides is 2. The quantitative estimate of drug-likeness (QED) is 0.452. The lowest BCUT2D eigenvalue weighted by Crippen LogP contribution is -2.45. The van der Waals surface area contributed by atoms with Gasteiger partial charge in [0.25, 0.3) is 0 Å². The molecule has 3 N–H and O–H groups in total. The lowest BCUT2D eigenvalue weighted by atomic mass is 9.98. The van der Waals surface area contributed by atoms with Crippen molar-refractivity contribution in [3.05, 3.63) is 71.4 Å². The van der Waals surface area contributed by atoms with Crippen molar-refractivity contribution in [2.75, 3.05) is 11.9 Å². The average Bonchev–Trinajstić information content (AvgIpc) is 3.34. The van der Waals surface area contributed by atoms with E-state index >= 15 is 0 Å². The Kier molecular flexibility index (Phi) is 6.86. The molecule has 1 aliphatic rings. The number of carboxylic acid groups (broad SMARTS) is 1. The molecule has 0 unspecified atom stereocenters. The molecule has 2 amide bonds. The fourth-order valence-corrected chi connectivity index (χ4v) is 4.43. The fourth-order valence-electron chi connectivity index (χ4n) is 4.43. The Balaban J connectivity index is 1.44. The van der Waals surface area contributed by atoms with Crippen molar-refractivity contribution in [1.29, 1.82) is 0 Å². The molecule has 0 spiro atoms. The first-order chi connectivity index (χ1) is 16.7. The number of fused-ring (bicyclic) bond motifs is 3. The van der Waals surface area contributed by atoms with Gasteiger partial charge in [0, 0.05) is 19.2 Å². The maximum absolute atomic E-state index is 12.9. The number of benzene rings is 2. The van der Waals surface area contributed by atoms with Crippen molar-refractivity contribution < 1.29 is 24.2 Å². The molecule has 182 valence electrons. The Bertz CT molecular complexity index is 1220. The average molecular weight is 477 g/mol. The van der Waals surface area contributed by atoms with Crippen LogP contribution in [0.1, 0.15) is 47.7 Å². The first-order valence-electron chi connectivity index (χ1n) is 11.4. The van der Waals surface area contributed by atoms with Crippen LogP contribution >= 0.6 is 0 Å². The number of nitrogens with zero attached hydrogens (tertiary/aromatic N) is 2. The number of anilines is 1. The molecule has 1 aromatic heterocycles. The van der Waals surface area contributed by atoms with E-state index in [1.54, 1.807) is 7.05 Å². The number of hydrogen-bond acceptors (Lipinski definition) is 5. The summed E-state index contributed by atoms with van der Waals surface area (Å²) in [6.07, 6.45) is 0.923. The predicted octanol–water partition coefficient (Wildman–Crippen LogP) is 4.01. The fraction of sp³-hybridized carbons (Fsp3) is 0.308. The van der Waals surface area contributed by atoms with Crippen LogP contribution in [-0.4, -0.2) is 45.5 Å². The van der Waals surface area contributed by atoms with Crippen molar-refractivity contribution >= 4 is 23.8 Å². The smallest absolute Gasteiger partial charge is 0.407 e. The van der Waals surface area contributed by atoms with Gasteiger partial charge in [-0.2, -0.15) is 5.10 Å². The van der Waals surface area contributed by atoms with E-state index < -0.39 is 24.0 Å². The third-order valence-electron chi connectivity index (χ3n) is 5.96. The van der Waals surface area contributed by atoms with Gasteiger partial charge >= 0.3 is 12.1 Å². The first-order valence-corrected chi connectivity index (χ1v) is 11.4. The maximum Gasteiger partial charge on any atom is 0.407 e. The largest absolute Gasteiger partial charge is 0.477 e. The molecule has 0 radical (unpaired) electrons. The van der Waals surface area contributed by atoms with E-state index in [2.05, 4.69) is 27.9 Å². The highest BCUT2D eigenvalue weighted by Crippen LogP contribution is 2.44. The van der Waals surface area contributed by atoms with Crippen LogP contribution < -0.4 is 10.6 Å². The second-order valence-electron chi connectivity index (χ2n) is 9.01. The number of rotatable bonds is 8. The summed E-state index contributed by atoms with van der Waals surface area (Å²) in [5.74, 6) is -1.86. The van der Waals surface area contributed by atoms with Gasteiger partial charge in [0.2, 0.25) is 5.91 Å². The van der Waals surface area contributed by atoms with Gasteiger partial charge in [0.15, 0.2) is 5.82 Å². The van der Waals surface area contributed by atoms with E-state index in [0.29, 0.717) is 6.42 Å². The molecule has 0 aliphatic heterocycles. The molecule has 0 saturated carbocycles. The van der Waals surface area contributed by atoms with E-state index in [1.807, 2.05) is 50.2 Å². The minimum atomic E-state index is -1.21. The number of ether oxygens (including phenoxy) is 1. The number of aryl methyl sites for hydroxylation is 1. The van der Waals surface area contributed by atoms with Crippen molar-refractivity contribution in [1.82, 2.24) is 15.1 Å². The minimum absolute atomic E-state index is 0.0758. The molecule has 1 heterocycles. The van der Waals surface area contributed by atoms with Gasteiger partial charge < -0.3 is 20.5 Å². The monoisotopic (exact) mass is 476 g/mol. The van der Waals surface area contributed by atoms with Gasteiger partial charge in [-0.3, -0.25) is 9.48 Å². The summed E-state index contributed by atoms with van der Waals surface area (Å²) in [5, 5.41) is 18.5. The van der Waals surface area contributed by atoms with Crippen molar-refractivity contribution in [3.8, 4) is 11.1 Å². The maximum atomic E-state index is 12.9. The van der Waals surface area contributed by atoms with Gasteiger partial charge in [-0.15, -0.1) is 0 Å². The number of alkyl carbamates (subject to hydrolysis) is 1. The van der Waals surface area contributed by atoms with Crippen LogP contribution in [0.3, 0.4) is 0 Å². The molecule has 9 nitrogen and oxygen atoms in total. The number of carbonyl (C=O) groups is 3. The molecule has 9 heteroatoms. The molecule has 3 aromatic rings. The zero-order valence-corrected chi connectivity index (χ0v) is 19.8. The molecule has 0 bridgehead atoms. The number of carboxylic acids is 1. The van der Waals surface area contributed by atoms with Crippen LogP contribution in [0.2, 0.25) is 0 Å². The third kappa shape index (κ3) is 5.18. The number of aromatic carboxylic acids is 1. The second-order valence-corrected chi connectivity index (χ2v) is 9.01. The molecule has 0 fully saturated rings. The standard InChI is InChI=1S/C26H28N4O5/c1-15(2)12-22(24(31)28-23-20(25(32)33)13-30(3)29-23)27-26(34)35-14-21-18-10-6-4-8-16(18)17-9-5-7-11-19(17)21/h4-11,13,15,21-22H,12,14H2,1-3H3,(H,27,34)(H,32,33)(H,28,29,31)/t22-/m1/s1. The van der Waals surface area contributed by atoms with Crippen LogP contribution in [0.25, 0.3) is 11.1 Å². The topological polar surface area (TPSA) is 123 Å². The highest BCUT2D eigenvalue weighted by molar-refractivity contribution is 6.01. The van der Waals surface area contributed by atoms with Crippen LogP contribution in [0.15, 0.2) is 54.7 Å².